The Labute approximate surface area is 205 Å². The topological polar surface area (TPSA) is 91.2 Å². The minimum Gasteiger partial charge on any atom is -0.369 e. The number of carbonyl (C=O) groups is 1. The van der Waals surface area contributed by atoms with Crippen molar-refractivity contribution < 1.29 is 4.79 Å². The Morgan fingerprint density at radius 3 is 2.57 bits per heavy atom. The van der Waals surface area contributed by atoms with Gasteiger partial charge >= 0.3 is 0 Å². The van der Waals surface area contributed by atoms with Crippen molar-refractivity contribution in [2.75, 3.05) is 50.0 Å². The van der Waals surface area contributed by atoms with Crippen LogP contribution in [-0.2, 0) is 18.4 Å². The minimum absolute atomic E-state index is 0.0411. The van der Waals surface area contributed by atoms with Gasteiger partial charge < -0.3 is 20.4 Å². The maximum atomic E-state index is 12.9. The van der Waals surface area contributed by atoms with E-state index in [1.54, 1.807) is 0 Å². The highest BCUT2D eigenvalue weighted by atomic mass is 16.2. The van der Waals surface area contributed by atoms with E-state index in [0.717, 1.165) is 73.8 Å². The summed E-state index contributed by atoms with van der Waals surface area (Å²) in [6, 6.07) is 8.46. The fourth-order valence-electron chi connectivity index (χ4n) is 5.49. The molecule has 35 heavy (non-hydrogen) atoms. The van der Waals surface area contributed by atoms with Crippen molar-refractivity contribution in [2.24, 2.45) is 0 Å². The maximum Gasteiger partial charge on any atom is 0.269 e. The molecule has 3 aliphatic rings. The van der Waals surface area contributed by atoms with Gasteiger partial charge in [-0.05, 0) is 55.1 Å². The molecule has 9 nitrogen and oxygen atoms in total. The van der Waals surface area contributed by atoms with Gasteiger partial charge in [-0.15, -0.1) is 0 Å². The van der Waals surface area contributed by atoms with Crippen LogP contribution in [0, 0.1) is 0 Å². The molecule has 0 radical (unpaired) electrons. The van der Waals surface area contributed by atoms with Crippen LogP contribution < -0.4 is 15.5 Å². The molecule has 0 spiro atoms. The van der Waals surface area contributed by atoms with Crippen molar-refractivity contribution in [1.82, 2.24) is 30.0 Å². The first-order valence-corrected chi connectivity index (χ1v) is 12.5. The van der Waals surface area contributed by atoms with Gasteiger partial charge in [0.25, 0.3) is 5.91 Å². The number of anilines is 3. The van der Waals surface area contributed by atoms with Crippen LogP contribution in [-0.4, -0.2) is 70.3 Å². The third-order valence-corrected chi connectivity index (χ3v) is 7.39. The summed E-state index contributed by atoms with van der Waals surface area (Å²) in [6.45, 7) is 10.0. The predicted octanol–water partition coefficient (Wildman–Crippen LogP) is 2.80. The van der Waals surface area contributed by atoms with Crippen LogP contribution in [0.5, 0.6) is 0 Å². The number of carbonyl (C=O) groups excluding carboxylic acids is 1. The Hall–Kier alpha value is -3.46. The zero-order chi connectivity index (χ0) is 24.2. The summed E-state index contributed by atoms with van der Waals surface area (Å²) >= 11 is 0. The minimum atomic E-state index is -0.227. The number of nitrogens with zero attached hydrogens (tertiary/aromatic N) is 6. The molecule has 2 N–H and O–H groups in total. The number of hydrogen-bond acceptors (Lipinski definition) is 7. The molecule has 0 bridgehead atoms. The maximum absolute atomic E-state index is 12.9. The standard InChI is InChI=1S/C26H32N8O/c1-26(2)15-17-16-28-25(29-18-5-7-19(8-6-18)33-13-11-32(3)12-14-33)30-21(17)22-20(26)23-24(35)27-9-4-10-34(23)31-22/h5-8,16H,4,9-15H2,1-3H3,(H,27,35)(H,28,29,30). The molecule has 182 valence electrons. The van der Waals surface area contributed by atoms with Crippen molar-refractivity contribution in [3.63, 3.8) is 0 Å². The lowest BCUT2D eigenvalue weighted by molar-refractivity contribution is 0.0948. The summed E-state index contributed by atoms with van der Waals surface area (Å²) in [5.74, 6) is 0.495. The summed E-state index contributed by atoms with van der Waals surface area (Å²) in [4.78, 5) is 27.1. The number of rotatable bonds is 3. The van der Waals surface area contributed by atoms with E-state index in [1.165, 1.54) is 5.69 Å². The first-order chi connectivity index (χ1) is 16.9. The van der Waals surface area contributed by atoms with Crippen molar-refractivity contribution in [3.8, 4) is 11.4 Å². The molecule has 2 aliphatic heterocycles. The second-order valence-corrected chi connectivity index (χ2v) is 10.5. The summed E-state index contributed by atoms with van der Waals surface area (Å²) in [5.41, 5.74) is 6.31. The van der Waals surface area contributed by atoms with Crippen molar-refractivity contribution in [2.45, 2.75) is 38.6 Å². The lowest BCUT2D eigenvalue weighted by Gasteiger charge is -2.34. The molecule has 4 heterocycles. The summed E-state index contributed by atoms with van der Waals surface area (Å²) in [6.07, 6.45) is 3.53. The molecular formula is C26H32N8O. The molecule has 0 atom stereocenters. The average molecular weight is 473 g/mol. The zero-order valence-corrected chi connectivity index (χ0v) is 20.6. The molecule has 3 aromatic rings. The van der Waals surface area contributed by atoms with Crippen molar-refractivity contribution in [1.29, 1.82) is 0 Å². The summed E-state index contributed by atoms with van der Waals surface area (Å²) in [7, 11) is 2.17. The quantitative estimate of drug-likeness (QED) is 0.606. The Morgan fingerprint density at radius 1 is 1.03 bits per heavy atom. The number of fused-ring (bicyclic) bond motifs is 5. The molecule has 1 amide bonds. The van der Waals surface area contributed by atoms with E-state index in [-0.39, 0.29) is 11.3 Å². The first kappa shape index (κ1) is 22.0. The van der Waals surface area contributed by atoms with Crippen LogP contribution in [0.1, 0.15) is 41.9 Å². The highest BCUT2D eigenvalue weighted by Crippen LogP contribution is 2.44. The Balaban J connectivity index is 1.29. The molecule has 0 saturated carbocycles. The SMILES string of the molecule is CN1CCN(c2ccc(Nc3ncc4c(n3)-c3nn5c(c3C(C)(C)C4)C(=O)NCCC5)cc2)CC1. The second-order valence-electron chi connectivity index (χ2n) is 10.5. The summed E-state index contributed by atoms with van der Waals surface area (Å²) < 4.78 is 1.87. The van der Waals surface area contributed by atoms with Crippen LogP contribution in [0.25, 0.3) is 11.4 Å². The van der Waals surface area contributed by atoms with Gasteiger partial charge in [0.1, 0.15) is 11.4 Å². The molecule has 6 rings (SSSR count). The number of nitrogens with one attached hydrogen (secondary N) is 2. The van der Waals surface area contributed by atoms with Crippen LogP contribution in [0.3, 0.4) is 0 Å². The lowest BCUT2D eigenvalue weighted by Crippen LogP contribution is -2.44. The van der Waals surface area contributed by atoms with Crippen LogP contribution in [0.4, 0.5) is 17.3 Å². The number of hydrogen-bond donors (Lipinski definition) is 2. The van der Waals surface area contributed by atoms with Gasteiger partial charge in [0.15, 0.2) is 0 Å². The predicted molar refractivity (Wildman–Crippen MR) is 136 cm³/mol. The molecule has 0 unspecified atom stereocenters. The second kappa shape index (κ2) is 8.34. The first-order valence-electron chi connectivity index (χ1n) is 12.5. The van der Waals surface area contributed by atoms with E-state index in [4.69, 9.17) is 10.1 Å². The van der Waals surface area contributed by atoms with Gasteiger partial charge in [-0.3, -0.25) is 9.48 Å². The van der Waals surface area contributed by atoms with Crippen LogP contribution >= 0.6 is 0 Å². The highest BCUT2D eigenvalue weighted by molar-refractivity contribution is 5.97. The fraction of sp³-hybridized carbons (Fsp3) is 0.462. The van der Waals surface area contributed by atoms with Gasteiger partial charge in [-0.25, -0.2) is 9.97 Å². The zero-order valence-electron chi connectivity index (χ0n) is 20.6. The third kappa shape index (κ3) is 3.93. The van der Waals surface area contributed by atoms with Gasteiger partial charge in [-0.1, -0.05) is 13.8 Å². The van der Waals surface area contributed by atoms with Crippen LogP contribution in [0.15, 0.2) is 30.5 Å². The third-order valence-electron chi connectivity index (χ3n) is 7.39. The normalized spacial score (nSPS) is 19.3. The largest absolute Gasteiger partial charge is 0.369 e. The molecule has 1 aromatic carbocycles. The number of aryl methyl sites for hydroxylation is 1. The molecule has 1 fully saturated rings. The Bertz CT molecular complexity index is 1270. The molecule has 2 aromatic heterocycles. The highest BCUT2D eigenvalue weighted by Gasteiger charge is 2.40. The Kier molecular flexibility index (Phi) is 5.25. The lowest BCUT2D eigenvalue weighted by atomic mass is 9.73. The van der Waals surface area contributed by atoms with E-state index >= 15 is 0 Å². The fourth-order valence-corrected chi connectivity index (χ4v) is 5.49. The van der Waals surface area contributed by atoms with E-state index in [0.29, 0.717) is 18.2 Å². The Morgan fingerprint density at radius 2 is 1.80 bits per heavy atom. The number of piperazine rings is 1. The van der Waals surface area contributed by atoms with E-state index in [1.807, 2.05) is 10.9 Å². The number of aromatic nitrogens is 4. The van der Waals surface area contributed by atoms with Gasteiger partial charge in [0.05, 0.1) is 5.69 Å². The van der Waals surface area contributed by atoms with Gasteiger partial charge in [-0.2, -0.15) is 5.10 Å². The molecule has 9 heteroatoms. The smallest absolute Gasteiger partial charge is 0.269 e. The van der Waals surface area contributed by atoms with Crippen molar-refractivity contribution in [3.05, 3.63) is 47.3 Å². The average Bonchev–Trinajstić information content (AvgIpc) is 3.15. The molecule has 1 saturated heterocycles. The van der Waals surface area contributed by atoms with Gasteiger partial charge in [0, 0.05) is 62.4 Å². The molecular weight excluding hydrogens is 440 g/mol. The van der Waals surface area contributed by atoms with Gasteiger partial charge in [0.2, 0.25) is 5.95 Å². The summed E-state index contributed by atoms with van der Waals surface area (Å²) in [5, 5.41) is 11.3. The van der Waals surface area contributed by atoms with Crippen LogP contribution in [0.2, 0.25) is 0 Å². The number of likely N-dealkylation sites (N-methyl/N-ethyl adjacent to an activating group) is 1. The number of benzene rings is 1. The van der Waals surface area contributed by atoms with E-state index in [9.17, 15) is 4.79 Å². The number of amides is 1. The van der Waals surface area contributed by atoms with E-state index in [2.05, 4.69) is 70.6 Å². The van der Waals surface area contributed by atoms with Crippen molar-refractivity contribution >= 4 is 23.2 Å². The monoisotopic (exact) mass is 472 g/mol. The molecule has 1 aliphatic carbocycles. The van der Waals surface area contributed by atoms with E-state index < -0.39 is 0 Å².